The van der Waals surface area contributed by atoms with E-state index in [0.29, 0.717) is 6.61 Å². The van der Waals surface area contributed by atoms with E-state index in [1.165, 1.54) is 35.1 Å². The summed E-state index contributed by atoms with van der Waals surface area (Å²) in [5, 5.41) is 0. The van der Waals surface area contributed by atoms with Crippen LogP contribution in [0, 0.1) is 0 Å². The fourth-order valence-electron chi connectivity index (χ4n) is 2.81. The van der Waals surface area contributed by atoms with Crippen molar-refractivity contribution < 1.29 is 4.74 Å². The molecule has 0 bridgehead atoms. The van der Waals surface area contributed by atoms with Gasteiger partial charge in [-0.1, -0.05) is 36.4 Å². The molecule has 2 heterocycles. The third-order valence-corrected chi connectivity index (χ3v) is 7.04. The van der Waals surface area contributed by atoms with E-state index in [9.17, 15) is 0 Å². The van der Waals surface area contributed by atoms with Crippen LogP contribution in [0.3, 0.4) is 0 Å². The molecule has 0 unspecified atom stereocenters. The molecule has 2 aromatic carbocycles. The fraction of sp³-hybridized carbons (Fsp3) is 0.0909. The quantitative estimate of drug-likeness (QED) is 0.305. The Hall–Kier alpha value is -1.88. The Labute approximate surface area is 170 Å². The summed E-state index contributed by atoms with van der Waals surface area (Å²) in [6.07, 6.45) is 0. The fourth-order valence-corrected chi connectivity index (χ4v) is 5.30. The van der Waals surface area contributed by atoms with Gasteiger partial charge in [-0.3, -0.25) is 0 Å². The van der Waals surface area contributed by atoms with Crippen molar-refractivity contribution in [1.29, 1.82) is 0 Å². The van der Waals surface area contributed by atoms with Crippen LogP contribution in [0.25, 0.3) is 31.3 Å². The summed E-state index contributed by atoms with van der Waals surface area (Å²) < 4.78 is 6.68. The Bertz CT molecular complexity index is 997. The highest BCUT2D eigenvalue weighted by molar-refractivity contribution is 9.11. The third kappa shape index (κ3) is 3.78. The lowest BCUT2D eigenvalue weighted by molar-refractivity contribution is 0.340. The monoisotopic (exact) mass is 440 g/mol. The van der Waals surface area contributed by atoms with Crippen LogP contribution in [0.2, 0.25) is 0 Å². The van der Waals surface area contributed by atoms with E-state index in [-0.39, 0.29) is 0 Å². The molecular weight excluding hydrogens is 424 g/mol. The lowest BCUT2D eigenvalue weighted by Crippen LogP contribution is -1.90. The molecule has 0 spiro atoms. The third-order valence-electron chi connectivity index (χ3n) is 4.09. The van der Waals surface area contributed by atoms with E-state index in [1.807, 2.05) is 30.4 Å². The van der Waals surface area contributed by atoms with Gasteiger partial charge in [0.1, 0.15) is 5.75 Å². The first-order valence-electron chi connectivity index (χ1n) is 8.42. The Morgan fingerprint density at radius 1 is 0.654 bits per heavy atom. The highest BCUT2D eigenvalue weighted by atomic mass is 79.9. The maximum absolute atomic E-state index is 5.51. The molecule has 4 heteroatoms. The van der Waals surface area contributed by atoms with E-state index < -0.39 is 0 Å². The maximum Gasteiger partial charge on any atom is 0.119 e. The largest absolute Gasteiger partial charge is 0.494 e. The van der Waals surface area contributed by atoms with Crippen LogP contribution in [-0.4, -0.2) is 6.61 Å². The van der Waals surface area contributed by atoms with Crippen molar-refractivity contribution in [2.75, 3.05) is 6.61 Å². The Morgan fingerprint density at radius 3 is 1.81 bits per heavy atom. The number of ether oxygens (including phenoxy) is 1. The van der Waals surface area contributed by atoms with Crippen molar-refractivity contribution in [1.82, 2.24) is 0 Å². The predicted octanol–water partition coefficient (Wildman–Crippen LogP) is 7.97. The molecule has 0 saturated carbocycles. The molecule has 0 radical (unpaired) electrons. The minimum atomic E-state index is 0.694. The molecule has 4 aromatic rings. The molecule has 130 valence electrons. The molecule has 1 nitrogen and oxygen atoms in total. The summed E-state index contributed by atoms with van der Waals surface area (Å²) in [7, 11) is 0. The summed E-state index contributed by atoms with van der Waals surface area (Å²) in [6, 6.07) is 25.7. The van der Waals surface area contributed by atoms with Crippen molar-refractivity contribution >= 4 is 38.6 Å². The number of benzene rings is 2. The minimum Gasteiger partial charge on any atom is -0.494 e. The minimum absolute atomic E-state index is 0.694. The van der Waals surface area contributed by atoms with Gasteiger partial charge >= 0.3 is 0 Å². The molecule has 0 amide bonds. The number of hydrogen-bond donors (Lipinski definition) is 0. The second-order valence-corrected chi connectivity index (χ2v) is 9.35. The molecule has 0 atom stereocenters. The first-order valence-corrected chi connectivity index (χ1v) is 10.8. The highest BCUT2D eigenvalue weighted by Crippen LogP contribution is 2.39. The van der Waals surface area contributed by atoms with Gasteiger partial charge in [0, 0.05) is 14.6 Å². The van der Waals surface area contributed by atoms with Gasteiger partial charge in [0.05, 0.1) is 10.4 Å². The zero-order valence-corrected chi connectivity index (χ0v) is 17.5. The van der Waals surface area contributed by atoms with Gasteiger partial charge < -0.3 is 4.74 Å². The van der Waals surface area contributed by atoms with E-state index in [1.54, 1.807) is 11.3 Å². The molecule has 4 rings (SSSR count). The van der Waals surface area contributed by atoms with Crippen molar-refractivity contribution in [3.63, 3.8) is 0 Å². The molecule has 0 aliphatic rings. The average molecular weight is 441 g/mol. The number of halogens is 1. The summed E-state index contributed by atoms with van der Waals surface area (Å²) in [6.45, 7) is 2.69. The average Bonchev–Trinajstić information content (AvgIpc) is 3.32. The van der Waals surface area contributed by atoms with Gasteiger partial charge in [-0.25, -0.2) is 0 Å². The van der Waals surface area contributed by atoms with Gasteiger partial charge in [0.25, 0.3) is 0 Å². The molecule has 0 N–H and O–H groups in total. The highest BCUT2D eigenvalue weighted by Gasteiger charge is 2.07. The topological polar surface area (TPSA) is 9.23 Å². The summed E-state index contributed by atoms with van der Waals surface area (Å²) in [5.41, 5.74) is 3.68. The Kier molecular flexibility index (Phi) is 5.25. The number of rotatable bonds is 5. The normalized spacial score (nSPS) is 10.8. The standard InChI is InChI=1S/C22H17BrOS2/c1-2-24-18-9-7-16(8-10-18)15-3-5-17(6-4-15)19-11-12-20(25-19)21-13-14-22(23)26-21/h3-14H,2H2,1H3. The van der Waals surface area contributed by atoms with Crippen molar-refractivity contribution in [2.45, 2.75) is 6.92 Å². The Morgan fingerprint density at radius 2 is 1.19 bits per heavy atom. The van der Waals surface area contributed by atoms with E-state index in [2.05, 4.69) is 76.6 Å². The van der Waals surface area contributed by atoms with Crippen LogP contribution >= 0.6 is 38.6 Å². The Balaban J connectivity index is 1.55. The first-order chi connectivity index (χ1) is 12.7. The van der Waals surface area contributed by atoms with Crippen LogP contribution in [-0.2, 0) is 0 Å². The van der Waals surface area contributed by atoms with Crippen LogP contribution < -0.4 is 4.74 Å². The van der Waals surface area contributed by atoms with Crippen molar-refractivity contribution in [3.05, 3.63) is 76.6 Å². The van der Waals surface area contributed by atoms with Crippen molar-refractivity contribution in [3.8, 4) is 37.1 Å². The van der Waals surface area contributed by atoms with Gasteiger partial charge in [0.15, 0.2) is 0 Å². The second kappa shape index (κ2) is 7.78. The summed E-state index contributed by atoms with van der Waals surface area (Å²) in [4.78, 5) is 3.91. The lowest BCUT2D eigenvalue weighted by atomic mass is 10.0. The van der Waals surface area contributed by atoms with E-state index in [0.717, 1.165) is 5.75 Å². The van der Waals surface area contributed by atoms with Gasteiger partial charge in [-0.05, 0) is 75.9 Å². The van der Waals surface area contributed by atoms with Gasteiger partial charge in [-0.2, -0.15) is 0 Å². The van der Waals surface area contributed by atoms with Crippen molar-refractivity contribution in [2.24, 2.45) is 0 Å². The smallest absolute Gasteiger partial charge is 0.119 e. The number of hydrogen-bond acceptors (Lipinski definition) is 3. The second-order valence-electron chi connectivity index (χ2n) is 5.80. The van der Waals surface area contributed by atoms with Crippen LogP contribution in [0.5, 0.6) is 5.75 Å². The maximum atomic E-state index is 5.51. The molecule has 0 aliphatic carbocycles. The molecule has 2 aromatic heterocycles. The van der Waals surface area contributed by atoms with Gasteiger partial charge in [0.2, 0.25) is 0 Å². The van der Waals surface area contributed by atoms with Crippen LogP contribution in [0.1, 0.15) is 6.92 Å². The van der Waals surface area contributed by atoms with Gasteiger partial charge in [-0.15, -0.1) is 22.7 Å². The molecule has 0 fully saturated rings. The van der Waals surface area contributed by atoms with E-state index in [4.69, 9.17) is 4.74 Å². The SMILES string of the molecule is CCOc1ccc(-c2ccc(-c3ccc(-c4ccc(Br)s4)s3)cc2)cc1. The van der Waals surface area contributed by atoms with Crippen LogP contribution in [0.15, 0.2) is 76.6 Å². The zero-order chi connectivity index (χ0) is 17.9. The summed E-state index contributed by atoms with van der Waals surface area (Å²) >= 11 is 7.14. The molecule has 26 heavy (non-hydrogen) atoms. The lowest BCUT2D eigenvalue weighted by Gasteiger charge is -2.06. The number of thiophene rings is 2. The summed E-state index contributed by atoms with van der Waals surface area (Å²) in [5.74, 6) is 0.916. The predicted molar refractivity (Wildman–Crippen MR) is 117 cm³/mol. The first kappa shape index (κ1) is 17.5. The van der Waals surface area contributed by atoms with Crippen LogP contribution in [0.4, 0.5) is 0 Å². The van der Waals surface area contributed by atoms with E-state index >= 15 is 0 Å². The molecule has 0 aliphatic heterocycles. The zero-order valence-electron chi connectivity index (χ0n) is 14.2. The molecule has 0 saturated heterocycles. The molecular formula is C22H17BrOS2.